The highest BCUT2D eigenvalue weighted by Gasteiger charge is 2.42. The van der Waals surface area contributed by atoms with Crippen LogP contribution in [0.2, 0.25) is 0 Å². The van der Waals surface area contributed by atoms with Crippen LogP contribution in [0.4, 0.5) is 0 Å². The molecule has 1 amide bonds. The van der Waals surface area contributed by atoms with Gasteiger partial charge < -0.3 is 14.7 Å². The van der Waals surface area contributed by atoms with Crippen molar-refractivity contribution in [3.63, 3.8) is 0 Å². The summed E-state index contributed by atoms with van der Waals surface area (Å²) in [4.78, 5) is 15.0. The second-order valence-electron chi connectivity index (χ2n) is 7.20. The van der Waals surface area contributed by atoms with Crippen molar-refractivity contribution in [2.45, 2.75) is 33.1 Å². The molecule has 1 aliphatic heterocycles. The smallest absolute Gasteiger partial charge is 0.227 e. The van der Waals surface area contributed by atoms with Crippen molar-refractivity contribution in [2.75, 3.05) is 26.7 Å². The van der Waals surface area contributed by atoms with Gasteiger partial charge in [-0.2, -0.15) is 0 Å². The van der Waals surface area contributed by atoms with Crippen LogP contribution in [-0.4, -0.2) is 42.6 Å². The number of carbonyl (C=O) groups excluding carboxylic acids is 1. The molecule has 2 heterocycles. The summed E-state index contributed by atoms with van der Waals surface area (Å²) >= 11 is 0. The second kappa shape index (κ2) is 7.40. The first-order chi connectivity index (χ1) is 12.0. The van der Waals surface area contributed by atoms with E-state index in [2.05, 4.69) is 41.5 Å². The van der Waals surface area contributed by atoms with Crippen molar-refractivity contribution in [2.24, 2.45) is 5.41 Å². The molecule has 1 saturated heterocycles. The van der Waals surface area contributed by atoms with E-state index in [0.717, 1.165) is 42.9 Å². The van der Waals surface area contributed by atoms with Gasteiger partial charge in [0.1, 0.15) is 11.5 Å². The first-order valence-corrected chi connectivity index (χ1v) is 9.02. The van der Waals surface area contributed by atoms with Crippen LogP contribution >= 0.6 is 0 Å². The Labute approximate surface area is 149 Å². The van der Waals surface area contributed by atoms with Crippen LogP contribution in [0.5, 0.6) is 0 Å². The Morgan fingerprint density at radius 1 is 1.36 bits per heavy atom. The fraction of sp³-hybridized carbons (Fsp3) is 0.500. The van der Waals surface area contributed by atoms with Crippen molar-refractivity contribution in [3.05, 3.63) is 41.7 Å². The minimum absolute atomic E-state index is 0.120. The Kier molecular flexibility index (Phi) is 5.23. The molecule has 1 aromatic heterocycles. The van der Waals surface area contributed by atoms with Crippen molar-refractivity contribution in [1.29, 1.82) is 0 Å². The molecular weight excluding hydrogens is 314 g/mol. The van der Waals surface area contributed by atoms with Gasteiger partial charge >= 0.3 is 0 Å². The molecule has 0 radical (unpaired) electrons. The van der Waals surface area contributed by atoms with E-state index >= 15 is 0 Å². The Morgan fingerprint density at radius 2 is 2.12 bits per heavy atom. The molecule has 0 spiro atoms. The highest BCUT2D eigenvalue weighted by Crippen LogP contribution is 2.34. The van der Waals surface area contributed by atoms with Crippen LogP contribution in [-0.2, 0) is 11.2 Å². The van der Waals surface area contributed by atoms with Gasteiger partial charge in [0.15, 0.2) is 0 Å². The molecule has 0 unspecified atom stereocenters. The van der Waals surface area contributed by atoms with Gasteiger partial charge in [0.05, 0.1) is 5.41 Å². The normalized spacial score (nSPS) is 21.2. The van der Waals surface area contributed by atoms with E-state index in [4.69, 9.17) is 4.52 Å². The van der Waals surface area contributed by atoms with E-state index in [1.807, 2.05) is 25.1 Å². The van der Waals surface area contributed by atoms with Gasteiger partial charge in [0.25, 0.3) is 0 Å². The largest absolute Gasteiger partial charge is 0.361 e. The van der Waals surface area contributed by atoms with Crippen molar-refractivity contribution in [1.82, 2.24) is 15.4 Å². The van der Waals surface area contributed by atoms with Crippen LogP contribution in [0.3, 0.4) is 0 Å². The third-order valence-corrected chi connectivity index (χ3v) is 5.01. The van der Waals surface area contributed by atoms with Crippen LogP contribution in [0.15, 0.2) is 34.9 Å². The predicted molar refractivity (Wildman–Crippen MR) is 98.2 cm³/mol. The van der Waals surface area contributed by atoms with Gasteiger partial charge in [-0.3, -0.25) is 4.79 Å². The first kappa shape index (κ1) is 17.7. The average molecular weight is 341 g/mol. The van der Waals surface area contributed by atoms with E-state index < -0.39 is 5.41 Å². The number of piperidine rings is 1. The highest BCUT2D eigenvalue weighted by atomic mass is 16.5. The fourth-order valence-corrected chi connectivity index (χ4v) is 3.71. The molecular formula is C20H27N3O2. The number of hydrogen-bond donors (Lipinski definition) is 1. The molecule has 25 heavy (non-hydrogen) atoms. The lowest BCUT2D eigenvalue weighted by molar-refractivity contribution is -0.134. The molecule has 1 N–H and O–H groups in total. The number of nitrogens with one attached hydrogen (secondary N) is 1. The van der Waals surface area contributed by atoms with Gasteiger partial charge in [-0.05, 0) is 40.3 Å². The Bertz CT molecular complexity index is 723. The van der Waals surface area contributed by atoms with Crippen LogP contribution < -0.4 is 5.32 Å². The lowest BCUT2D eigenvalue weighted by atomic mass is 9.75. The van der Waals surface area contributed by atoms with Crippen molar-refractivity contribution in [3.8, 4) is 11.3 Å². The zero-order valence-electron chi connectivity index (χ0n) is 15.3. The summed E-state index contributed by atoms with van der Waals surface area (Å²) in [5.74, 6) is 0.895. The number of amides is 1. The van der Waals surface area contributed by atoms with Gasteiger partial charge in [-0.1, -0.05) is 35.0 Å². The maximum Gasteiger partial charge on any atom is 0.227 e. The first-order valence-electron chi connectivity index (χ1n) is 9.02. The highest BCUT2D eigenvalue weighted by molar-refractivity contribution is 5.83. The molecule has 134 valence electrons. The minimum Gasteiger partial charge on any atom is -0.361 e. The minimum atomic E-state index is -0.437. The summed E-state index contributed by atoms with van der Waals surface area (Å²) < 4.78 is 5.59. The van der Waals surface area contributed by atoms with Gasteiger partial charge in [-0.15, -0.1) is 0 Å². The maximum atomic E-state index is 12.8. The standard InChI is InChI=1S/C20H27N3O2/c1-4-21-19(24)20(10-5-11-23(3)14-20)13-17-12-18(22-25-17)16-8-6-15(2)7-9-16/h6-9,12H,4-5,10-11,13-14H2,1-3H3,(H,21,24)/t20-/m0/s1. The SMILES string of the molecule is CCNC(=O)[C@]1(Cc2cc(-c3ccc(C)cc3)no2)CCCN(C)C1. The second-order valence-corrected chi connectivity index (χ2v) is 7.20. The zero-order chi connectivity index (χ0) is 17.9. The number of likely N-dealkylation sites (tertiary alicyclic amines) is 1. The zero-order valence-corrected chi connectivity index (χ0v) is 15.3. The van der Waals surface area contributed by atoms with Crippen LogP contribution in [0, 0.1) is 12.3 Å². The molecule has 5 heteroatoms. The molecule has 0 saturated carbocycles. The molecule has 0 aliphatic carbocycles. The van der Waals surface area contributed by atoms with Crippen LogP contribution in [0.25, 0.3) is 11.3 Å². The molecule has 1 atom stereocenters. The lowest BCUT2D eigenvalue weighted by Gasteiger charge is -2.39. The quantitative estimate of drug-likeness (QED) is 0.908. The van der Waals surface area contributed by atoms with Gasteiger partial charge in [-0.25, -0.2) is 0 Å². The van der Waals surface area contributed by atoms with E-state index in [9.17, 15) is 4.79 Å². The molecule has 1 fully saturated rings. The molecule has 1 aromatic carbocycles. The summed E-state index contributed by atoms with van der Waals surface area (Å²) in [6.07, 6.45) is 2.48. The maximum absolute atomic E-state index is 12.8. The molecule has 0 bridgehead atoms. The fourth-order valence-electron chi connectivity index (χ4n) is 3.71. The van der Waals surface area contributed by atoms with Gasteiger partial charge in [0, 0.05) is 31.1 Å². The van der Waals surface area contributed by atoms with Gasteiger partial charge in [0.2, 0.25) is 5.91 Å². The monoisotopic (exact) mass is 341 g/mol. The lowest BCUT2D eigenvalue weighted by Crippen LogP contribution is -2.52. The number of hydrogen-bond acceptors (Lipinski definition) is 4. The van der Waals surface area contributed by atoms with Crippen molar-refractivity contribution >= 4 is 5.91 Å². The summed E-state index contributed by atoms with van der Waals surface area (Å²) in [7, 11) is 2.07. The summed E-state index contributed by atoms with van der Waals surface area (Å²) in [5, 5.41) is 7.23. The Hall–Kier alpha value is -2.14. The molecule has 1 aliphatic rings. The number of nitrogens with zero attached hydrogens (tertiary/aromatic N) is 2. The van der Waals surface area contributed by atoms with E-state index in [1.165, 1.54) is 5.56 Å². The molecule has 2 aromatic rings. The molecule has 3 rings (SSSR count). The number of benzene rings is 1. The Morgan fingerprint density at radius 3 is 2.80 bits per heavy atom. The Balaban J connectivity index is 1.82. The van der Waals surface area contributed by atoms with E-state index in [-0.39, 0.29) is 5.91 Å². The number of rotatable bonds is 5. The number of carbonyl (C=O) groups is 1. The van der Waals surface area contributed by atoms with Crippen molar-refractivity contribution < 1.29 is 9.32 Å². The number of aryl methyl sites for hydroxylation is 1. The van der Waals surface area contributed by atoms with E-state index in [0.29, 0.717) is 13.0 Å². The number of aromatic nitrogens is 1. The van der Waals surface area contributed by atoms with E-state index in [1.54, 1.807) is 0 Å². The topological polar surface area (TPSA) is 58.4 Å². The predicted octanol–water partition coefficient (Wildman–Crippen LogP) is 3.04. The summed E-state index contributed by atoms with van der Waals surface area (Å²) in [6.45, 7) is 6.46. The average Bonchev–Trinajstić information content (AvgIpc) is 3.04. The third-order valence-electron chi connectivity index (χ3n) is 5.01. The molecule has 5 nitrogen and oxygen atoms in total. The van der Waals surface area contributed by atoms with Crippen LogP contribution in [0.1, 0.15) is 31.1 Å². The summed E-state index contributed by atoms with van der Waals surface area (Å²) in [6, 6.07) is 10.2. The summed E-state index contributed by atoms with van der Waals surface area (Å²) in [5.41, 5.74) is 2.64. The third kappa shape index (κ3) is 3.93.